The molecule has 0 spiro atoms. The van der Waals surface area contributed by atoms with E-state index in [1.54, 1.807) is 18.3 Å². The number of halogens is 1. The Labute approximate surface area is 146 Å². The number of carbonyl (C=O) groups is 1. The number of aromatic hydroxyl groups is 1. The maximum Gasteiger partial charge on any atom is 0.337 e. The Kier molecular flexibility index (Phi) is 5.34. The second-order valence-corrected chi connectivity index (χ2v) is 6.89. The Morgan fingerprint density at radius 1 is 1.33 bits per heavy atom. The van der Waals surface area contributed by atoms with Crippen molar-refractivity contribution in [1.82, 2.24) is 4.98 Å². The monoisotopic (exact) mass is 348 g/mol. The third-order valence-corrected chi connectivity index (χ3v) is 3.90. The molecule has 2 N–H and O–H groups in total. The first kappa shape index (κ1) is 18.1. The number of nitrogens with zero attached hydrogens (tertiary/aromatic N) is 1. The number of aromatic nitrogens is 1. The van der Waals surface area contributed by atoms with Crippen LogP contribution < -0.4 is 5.32 Å². The molecule has 6 heteroatoms. The number of hydrogen-bond donors (Lipinski definition) is 2. The average Bonchev–Trinajstić information content (AvgIpc) is 2.52. The zero-order valence-corrected chi connectivity index (χ0v) is 14.9. The molecule has 2 aromatic rings. The number of phenolic OH excluding ortho intramolecular Hbond substituents is 1. The van der Waals surface area contributed by atoms with Gasteiger partial charge in [0.15, 0.2) is 0 Å². The van der Waals surface area contributed by atoms with E-state index < -0.39 is 5.97 Å². The molecule has 0 aliphatic rings. The minimum Gasteiger partial charge on any atom is -0.506 e. The van der Waals surface area contributed by atoms with Gasteiger partial charge >= 0.3 is 5.97 Å². The van der Waals surface area contributed by atoms with Crippen LogP contribution in [0.1, 0.15) is 42.4 Å². The van der Waals surface area contributed by atoms with E-state index in [1.165, 1.54) is 13.2 Å². The number of ether oxygens (including phenoxy) is 1. The molecule has 128 valence electrons. The third-order valence-electron chi connectivity index (χ3n) is 3.59. The van der Waals surface area contributed by atoms with Gasteiger partial charge in [-0.2, -0.15) is 0 Å². The minimum atomic E-state index is -0.414. The van der Waals surface area contributed by atoms with Crippen molar-refractivity contribution in [3.63, 3.8) is 0 Å². The summed E-state index contributed by atoms with van der Waals surface area (Å²) in [6, 6.07) is 6.61. The van der Waals surface area contributed by atoms with Gasteiger partial charge in [0.25, 0.3) is 0 Å². The van der Waals surface area contributed by atoms with E-state index in [-0.39, 0.29) is 11.2 Å². The molecule has 0 amide bonds. The predicted octanol–water partition coefficient (Wildman–Crippen LogP) is 4.14. The summed E-state index contributed by atoms with van der Waals surface area (Å²) >= 11 is 6.22. The Morgan fingerprint density at radius 3 is 2.67 bits per heavy atom. The molecule has 1 heterocycles. The highest BCUT2D eigenvalue weighted by molar-refractivity contribution is 6.31. The number of benzene rings is 1. The zero-order chi connectivity index (χ0) is 17.9. The number of carbonyl (C=O) groups excluding carboxylic acids is 1. The van der Waals surface area contributed by atoms with Crippen molar-refractivity contribution in [3.8, 4) is 5.75 Å². The van der Waals surface area contributed by atoms with Crippen LogP contribution in [0.3, 0.4) is 0 Å². The van der Waals surface area contributed by atoms with Crippen molar-refractivity contribution in [2.45, 2.75) is 32.7 Å². The van der Waals surface area contributed by atoms with Crippen LogP contribution in [0.2, 0.25) is 5.02 Å². The fourth-order valence-electron chi connectivity index (χ4n) is 2.28. The molecule has 0 unspecified atom stereocenters. The van der Waals surface area contributed by atoms with E-state index in [1.807, 2.05) is 6.07 Å². The van der Waals surface area contributed by atoms with Crippen molar-refractivity contribution < 1.29 is 14.6 Å². The van der Waals surface area contributed by atoms with Crippen LogP contribution in [0.4, 0.5) is 5.69 Å². The van der Waals surface area contributed by atoms with E-state index >= 15 is 0 Å². The highest BCUT2D eigenvalue weighted by Crippen LogP contribution is 2.37. The fourth-order valence-corrected chi connectivity index (χ4v) is 2.73. The Morgan fingerprint density at radius 2 is 2.04 bits per heavy atom. The fraction of sp³-hybridized carbons (Fsp3) is 0.333. The number of pyridine rings is 1. The highest BCUT2D eigenvalue weighted by Gasteiger charge is 2.19. The maximum atomic E-state index is 11.6. The molecule has 0 fully saturated rings. The molecular weight excluding hydrogens is 328 g/mol. The maximum absolute atomic E-state index is 11.6. The summed E-state index contributed by atoms with van der Waals surface area (Å²) in [6.07, 6.45) is 1.55. The normalized spacial score (nSPS) is 11.2. The van der Waals surface area contributed by atoms with Gasteiger partial charge in [0.2, 0.25) is 0 Å². The van der Waals surface area contributed by atoms with E-state index in [9.17, 15) is 9.90 Å². The Hall–Kier alpha value is -2.27. The zero-order valence-electron chi connectivity index (χ0n) is 14.2. The number of esters is 1. The summed E-state index contributed by atoms with van der Waals surface area (Å²) in [5.74, 6) is -0.347. The summed E-state index contributed by atoms with van der Waals surface area (Å²) in [7, 11) is 1.33. The van der Waals surface area contributed by atoms with Crippen molar-refractivity contribution >= 4 is 23.3 Å². The molecule has 2 rings (SSSR count). The highest BCUT2D eigenvalue weighted by atomic mass is 35.5. The molecular formula is C18H21ClN2O3. The van der Waals surface area contributed by atoms with E-state index in [4.69, 9.17) is 16.3 Å². The SMILES string of the molecule is COC(=O)c1ccnc(CNc2cc(C(C)(C)C)c(Cl)cc2O)c1. The van der Waals surface area contributed by atoms with Crippen LogP contribution >= 0.6 is 11.6 Å². The van der Waals surface area contributed by atoms with Crippen LogP contribution in [0.5, 0.6) is 5.75 Å². The predicted molar refractivity (Wildman–Crippen MR) is 94.7 cm³/mol. The van der Waals surface area contributed by atoms with Gasteiger partial charge in [0.1, 0.15) is 5.75 Å². The minimum absolute atomic E-state index is 0.0668. The summed E-state index contributed by atoms with van der Waals surface area (Å²) in [4.78, 5) is 15.8. The summed E-state index contributed by atoms with van der Waals surface area (Å²) in [5.41, 5.74) is 2.43. The number of methoxy groups -OCH3 is 1. The van der Waals surface area contributed by atoms with Crippen LogP contribution in [-0.4, -0.2) is 23.2 Å². The van der Waals surface area contributed by atoms with Gasteiger partial charge in [0.05, 0.1) is 30.6 Å². The molecule has 1 aromatic heterocycles. The Bertz CT molecular complexity index is 754. The molecule has 1 aromatic carbocycles. The number of anilines is 1. The van der Waals surface area contributed by atoms with Crippen LogP contribution in [0.15, 0.2) is 30.5 Å². The van der Waals surface area contributed by atoms with Gasteiger partial charge < -0.3 is 15.2 Å². The number of hydrogen-bond acceptors (Lipinski definition) is 5. The molecule has 0 aliphatic heterocycles. The summed E-state index contributed by atoms with van der Waals surface area (Å²) < 4.78 is 4.70. The van der Waals surface area contributed by atoms with Gasteiger partial charge in [-0.25, -0.2) is 4.79 Å². The van der Waals surface area contributed by atoms with Crippen LogP contribution in [-0.2, 0) is 16.7 Å². The lowest BCUT2D eigenvalue weighted by Gasteiger charge is -2.22. The van der Waals surface area contributed by atoms with Crippen molar-refractivity contribution in [3.05, 3.63) is 52.3 Å². The molecule has 5 nitrogen and oxygen atoms in total. The topological polar surface area (TPSA) is 71.5 Å². The molecule has 0 atom stereocenters. The largest absolute Gasteiger partial charge is 0.506 e. The molecule has 0 saturated heterocycles. The van der Waals surface area contributed by atoms with Gasteiger partial charge in [-0.15, -0.1) is 0 Å². The molecule has 0 saturated carbocycles. The van der Waals surface area contributed by atoms with Crippen LogP contribution in [0.25, 0.3) is 0 Å². The van der Waals surface area contributed by atoms with E-state index in [0.717, 1.165) is 5.56 Å². The number of nitrogens with one attached hydrogen (secondary N) is 1. The van der Waals surface area contributed by atoms with E-state index in [2.05, 4.69) is 31.1 Å². The first-order valence-corrected chi connectivity index (χ1v) is 7.90. The average molecular weight is 349 g/mol. The van der Waals surface area contributed by atoms with Crippen molar-refractivity contribution in [2.75, 3.05) is 12.4 Å². The summed E-state index contributed by atoms with van der Waals surface area (Å²) in [5, 5.41) is 13.8. The third kappa shape index (κ3) is 4.17. The number of phenols is 1. The number of rotatable bonds is 4. The second-order valence-electron chi connectivity index (χ2n) is 6.48. The molecule has 0 aliphatic carbocycles. The molecule has 0 radical (unpaired) electrons. The van der Waals surface area contributed by atoms with Gasteiger partial charge in [-0.3, -0.25) is 4.98 Å². The second kappa shape index (κ2) is 7.09. The first-order chi connectivity index (χ1) is 11.2. The van der Waals surface area contributed by atoms with Gasteiger partial charge in [-0.1, -0.05) is 32.4 Å². The van der Waals surface area contributed by atoms with Gasteiger partial charge in [0, 0.05) is 17.3 Å². The lowest BCUT2D eigenvalue weighted by molar-refractivity contribution is 0.0600. The summed E-state index contributed by atoms with van der Waals surface area (Å²) in [6.45, 7) is 6.51. The van der Waals surface area contributed by atoms with Crippen molar-refractivity contribution in [1.29, 1.82) is 0 Å². The lowest BCUT2D eigenvalue weighted by Crippen LogP contribution is -2.13. The quantitative estimate of drug-likeness (QED) is 0.642. The van der Waals surface area contributed by atoms with E-state index in [0.29, 0.717) is 28.5 Å². The standard InChI is InChI=1S/C18H21ClN2O3/c1-18(2,3)13-8-15(16(22)9-14(13)19)21-10-12-7-11(5-6-20-12)17(23)24-4/h5-9,21-22H,10H2,1-4H3. The van der Waals surface area contributed by atoms with Gasteiger partial charge in [-0.05, 0) is 29.2 Å². The Balaban J connectivity index is 2.22. The first-order valence-electron chi connectivity index (χ1n) is 7.52. The molecule has 24 heavy (non-hydrogen) atoms. The lowest BCUT2D eigenvalue weighted by atomic mass is 9.86. The van der Waals surface area contributed by atoms with Crippen LogP contribution in [0, 0.1) is 0 Å². The smallest absolute Gasteiger partial charge is 0.337 e. The molecule has 0 bridgehead atoms. The van der Waals surface area contributed by atoms with Crippen molar-refractivity contribution in [2.24, 2.45) is 0 Å².